The van der Waals surface area contributed by atoms with Crippen LogP contribution in [0.15, 0.2) is 48.5 Å². The Hall–Kier alpha value is -2.93. The lowest BCUT2D eigenvalue weighted by atomic mass is 9.97. The Balaban J connectivity index is 1.34. The average Bonchev–Trinajstić information content (AvgIpc) is 3.27. The molecule has 7 heteroatoms. The van der Waals surface area contributed by atoms with Gasteiger partial charge in [0, 0.05) is 31.2 Å². The minimum atomic E-state index is -0.0518. The van der Waals surface area contributed by atoms with Crippen LogP contribution in [-0.2, 0) is 16.1 Å². The van der Waals surface area contributed by atoms with Crippen LogP contribution in [-0.4, -0.2) is 29.9 Å². The Morgan fingerprint density at radius 3 is 2.88 bits per heavy atom. The first-order chi connectivity index (χ1) is 15.5. The van der Waals surface area contributed by atoms with Crippen LogP contribution in [0.5, 0.6) is 0 Å². The van der Waals surface area contributed by atoms with E-state index in [1.54, 1.807) is 11.3 Å². The van der Waals surface area contributed by atoms with Gasteiger partial charge in [-0.15, -0.1) is 0 Å². The predicted octanol–water partition coefficient (Wildman–Crippen LogP) is 4.81. The van der Waals surface area contributed by atoms with Crippen molar-refractivity contribution in [1.29, 1.82) is 0 Å². The molecule has 2 heterocycles. The third-order valence-corrected chi connectivity index (χ3v) is 7.16. The zero-order valence-electron chi connectivity index (χ0n) is 18.6. The van der Waals surface area contributed by atoms with Crippen LogP contribution >= 0.6 is 11.3 Å². The molecule has 2 unspecified atom stereocenters. The van der Waals surface area contributed by atoms with Crippen molar-refractivity contribution in [3.8, 4) is 0 Å². The molecule has 0 spiro atoms. The zero-order valence-corrected chi connectivity index (χ0v) is 19.5. The van der Waals surface area contributed by atoms with Gasteiger partial charge in [0.1, 0.15) is 0 Å². The molecule has 6 nitrogen and oxygen atoms in total. The lowest BCUT2D eigenvalue weighted by Gasteiger charge is -2.31. The number of para-hydroxylation sites is 1. The van der Waals surface area contributed by atoms with Crippen LogP contribution in [0.2, 0.25) is 0 Å². The fraction of sp³-hybridized carbons (Fsp3) is 0.400. The van der Waals surface area contributed by atoms with E-state index in [4.69, 9.17) is 4.98 Å². The number of amides is 2. The second-order valence-electron chi connectivity index (χ2n) is 8.47. The van der Waals surface area contributed by atoms with Crippen molar-refractivity contribution in [2.45, 2.75) is 39.7 Å². The second-order valence-corrected chi connectivity index (χ2v) is 9.48. The Morgan fingerprint density at radius 1 is 1.22 bits per heavy atom. The Kier molecular flexibility index (Phi) is 7.05. The van der Waals surface area contributed by atoms with Crippen LogP contribution in [0.3, 0.4) is 0 Å². The number of thiazole rings is 1. The standard InChI is InChI=1S/C25H30N4O2S/c1-3-17(2)23(30)27-20-10-6-8-18(14-20)15-26-24(31)19-9-7-13-29(16-19)25-28-21-11-4-5-12-22(21)32-25/h4-6,8,10-12,14,17,19H,3,7,9,13,15-16H2,1-2H3,(H,26,31)(H,27,30). The normalized spacial score (nSPS) is 17.2. The number of fused-ring (bicyclic) bond motifs is 1. The number of nitrogens with zero attached hydrogens (tertiary/aromatic N) is 2. The molecule has 4 rings (SSSR count). The maximum atomic E-state index is 12.9. The molecule has 1 aliphatic heterocycles. The lowest BCUT2D eigenvalue weighted by molar-refractivity contribution is -0.125. The maximum absolute atomic E-state index is 12.9. The van der Waals surface area contributed by atoms with Gasteiger partial charge in [-0.05, 0) is 49.1 Å². The summed E-state index contributed by atoms with van der Waals surface area (Å²) in [6, 6.07) is 15.8. The van der Waals surface area contributed by atoms with Crippen molar-refractivity contribution in [3.05, 3.63) is 54.1 Å². The molecule has 1 saturated heterocycles. The summed E-state index contributed by atoms with van der Waals surface area (Å²) in [4.78, 5) is 32.0. The van der Waals surface area contributed by atoms with Crippen molar-refractivity contribution in [2.24, 2.45) is 11.8 Å². The molecule has 0 radical (unpaired) electrons. The van der Waals surface area contributed by atoms with E-state index < -0.39 is 0 Å². The molecule has 0 saturated carbocycles. The fourth-order valence-corrected chi connectivity index (χ4v) is 4.90. The third-order valence-electron chi connectivity index (χ3n) is 6.07. The van der Waals surface area contributed by atoms with Crippen molar-refractivity contribution in [2.75, 3.05) is 23.3 Å². The van der Waals surface area contributed by atoms with Crippen LogP contribution in [0.25, 0.3) is 10.2 Å². The number of carbonyl (C=O) groups excluding carboxylic acids is 2. The summed E-state index contributed by atoms with van der Waals surface area (Å²) in [6.07, 6.45) is 2.67. The number of piperidine rings is 1. The topological polar surface area (TPSA) is 74.3 Å². The minimum absolute atomic E-state index is 0.0193. The summed E-state index contributed by atoms with van der Waals surface area (Å²) in [5, 5.41) is 7.04. The predicted molar refractivity (Wildman–Crippen MR) is 131 cm³/mol. The van der Waals surface area contributed by atoms with E-state index in [9.17, 15) is 9.59 Å². The molecule has 1 aromatic heterocycles. The van der Waals surface area contributed by atoms with Gasteiger partial charge in [0.25, 0.3) is 0 Å². The van der Waals surface area contributed by atoms with Crippen LogP contribution in [0.1, 0.15) is 38.7 Å². The molecular formula is C25H30N4O2S. The minimum Gasteiger partial charge on any atom is -0.352 e. The summed E-state index contributed by atoms with van der Waals surface area (Å²) in [7, 11) is 0. The Labute approximate surface area is 193 Å². The number of nitrogens with one attached hydrogen (secondary N) is 2. The van der Waals surface area contributed by atoms with Gasteiger partial charge < -0.3 is 15.5 Å². The largest absolute Gasteiger partial charge is 0.352 e. The van der Waals surface area contributed by atoms with E-state index in [0.717, 1.165) is 47.7 Å². The highest BCUT2D eigenvalue weighted by atomic mass is 32.1. The summed E-state index contributed by atoms with van der Waals surface area (Å²) in [5.74, 6) is 0.0165. The summed E-state index contributed by atoms with van der Waals surface area (Å²) in [6.45, 7) is 5.99. The summed E-state index contributed by atoms with van der Waals surface area (Å²) in [5.41, 5.74) is 2.75. The van der Waals surface area contributed by atoms with Gasteiger partial charge in [-0.1, -0.05) is 49.4 Å². The van der Waals surface area contributed by atoms with Gasteiger partial charge in [0.15, 0.2) is 5.13 Å². The Morgan fingerprint density at radius 2 is 2.06 bits per heavy atom. The number of anilines is 2. The first kappa shape index (κ1) is 22.3. The third kappa shape index (κ3) is 5.27. The highest BCUT2D eigenvalue weighted by Gasteiger charge is 2.27. The highest BCUT2D eigenvalue weighted by molar-refractivity contribution is 7.22. The van der Waals surface area contributed by atoms with Gasteiger partial charge >= 0.3 is 0 Å². The van der Waals surface area contributed by atoms with Gasteiger partial charge in [-0.3, -0.25) is 9.59 Å². The number of hydrogen-bond donors (Lipinski definition) is 2. The lowest BCUT2D eigenvalue weighted by Crippen LogP contribution is -2.42. The molecule has 0 bridgehead atoms. The molecule has 2 atom stereocenters. The van der Waals surface area contributed by atoms with Gasteiger partial charge in [0.05, 0.1) is 16.1 Å². The van der Waals surface area contributed by atoms with Crippen LogP contribution in [0.4, 0.5) is 10.8 Å². The van der Waals surface area contributed by atoms with Crippen molar-refractivity contribution in [1.82, 2.24) is 10.3 Å². The van der Waals surface area contributed by atoms with E-state index in [1.165, 1.54) is 4.70 Å². The first-order valence-corrected chi connectivity index (χ1v) is 12.1. The highest BCUT2D eigenvalue weighted by Crippen LogP contribution is 2.31. The molecule has 2 amide bonds. The molecule has 168 valence electrons. The number of hydrogen-bond acceptors (Lipinski definition) is 5. The first-order valence-electron chi connectivity index (χ1n) is 11.3. The van der Waals surface area contributed by atoms with Gasteiger partial charge in [0.2, 0.25) is 11.8 Å². The number of rotatable bonds is 7. The van der Waals surface area contributed by atoms with E-state index in [-0.39, 0.29) is 23.7 Å². The molecule has 32 heavy (non-hydrogen) atoms. The monoisotopic (exact) mass is 450 g/mol. The SMILES string of the molecule is CCC(C)C(=O)Nc1cccc(CNC(=O)C2CCCN(c3nc4ccccc4s3)C2)c1. The number of benzene rings is 2. The van der Waals surface area contributed by atoms with Crippen LogP contribution in [0, 0.1) is 11.8 Å². The molecule has 1 fully saturated rings. The second kappa shape index (κ2) is 10.1. The number of carbonyl (C=O) groups is 2. The molecular weight excluding hydrogens is 420 g/mol. The zero-order chi connectivity index (χ0) is 22.5. The molecule has 0 aliphatic carbocycles. The van der Waals surface area contributed by atoms with E-state index in [1.807, 2.05) is 56.3 Å². The van der Waals surface area contributed by atoms with E-state index in [2.05, 4.69) is 21.6 Å². The molecule has 1 aliphatic rings. The van der Waals surface area contributed by atoms with E-state index >= 15 is 0 Å². The van der Waals surface area contributed by atoms with Gasteiger partial charge in [-0.2, -0.15) is 0 Å². The quantitative estimate of drug-likeness (QED) is 0.542. The van der Waals surface area contributed by atoms with Crippen molar-refractivity contribution < 1.29 is 9.59 Å². The molecule has 2 N–H and O–H groups in total. The average molecular weight is 451 g/mol. The maximum Gasteiger partial charge on any atom is 0.227 e. The fourth-order valence-electron chi connectivity index (χ4n) is 3.90. The number of aromatic nitrogens is 1. The summed E-state index contributed by atoms with van der Waals surface area (Å²) >= 11 is 1.69. The molecule has 3 aromatic rings. The van der Waals surface area contributed by atoms with Crippen LogP contribution < -0.4 is 15.5 Å². The summed E-state index contributed by atoms with van der Waals surface area (Å²) < 4.78 is 1.18. The smallest absolute Gasteiger partial charge is 0.227 e. The van der Waals surface area contributed by atoms with Crippen molar-refractivity contribution in [3.63, 3.8) is 0 Å². The van der Waals surface area contributed by atoms with E-state index in [0.29, 0.717) is 13.1 Å². The van der Waals surface area contributed by atoms with Crippen molar-refractivity contribution >= 4 is 44.2 Å². The Bertz CT molecular complexity index is 1060. The van der Waals surface area contributed by atoms with Gasteiger partial charge in [-0.25, -0.2) is 4.98 Å². The molecule has 2 aromatic carbocycles.